The van der Waals surface area contributed by atoms with Gasteiger partial charge in [0, 0.05) is 12.3 Å². The van der Waals surface area contributed by atoms with Crippen LogP contribution in [0.2, 0.25) is 0 Å². The number of hydrogen-bond acceptors (Lipinski definition) is 4. The Morgan fingerprint density at radius 1 is 1.64 bits per heavy atom. The molecular weight excluding hydrogens is 198 g/mol. The second-order valence-corrected chi connectivity index (χ2v) is 2.31. The van der Waals surface area contributed by atoms with E-state index < -0.39 is 28.5 Å². The zero-order chi connectivity index (χ0) is 10.7. The van der Waals surface area contributed by atoms with Gasteiger partial charge in [-0.25, -0.2) is 13.8 Å². The highest BCUT2D eigenvalue weighted by atomic mass is 19.3. The van der Waals surface area contributed by atoms with Crippen molar-refractivity contribution in [2.24, 2.45) is 0 Å². The number of hydrogen-bond donors (Lipinski definition) is 0. The number of rotatable bonds is 3. The van der Waals surface area contributed by atoms with Gasteiger partial charge in [-0.3, -0.25) is 10.1 Å². The van der Waals surface area contributed by atoms with Gasteiger partial charge in [0.2, 0.25) is 5.88 Å². The van der Waals surface area contributed by atoms with Crippen molar-refractivity contribution in [1.82, 2.24) is 4.98 Å². The molecule has 0 spiro atoms. The highest BCUT2D eigenvalue weighted by molar-refractivity contribution is 5.45. The van der Waals surface area contributed by atoms with E-state index in [1.165, 1.54) is 0 Å². The molecule has 0 atom stereocenters. The maximum Gasteiger partial charge on any atom is 0.285 e. The number of halogens is 2. The molecule has 0 saturated heterocycles. The van der Waals surface area contributed by atoms with Crippen LogP contribution in [0.15, 0.2) is 12.3 Å². The summed E-state index contributed by atoms with van der Waals surface area (Å²) in [5, 5.41) is 10.4. The molecule has 0 N–H and O–H groups in total. The maximum atomic E-state index is 12.4. The van der Waals surface area contributed by atoms with Crippen LogP contribution < -0.4 is 4.74 Å². The monoisotopic (exact) mass is 204 g/mol. The van der Waals surface area contributed by atoms with Crippen molar-refractivity contribution < 1.29 is 18.4 Å². The molecule has 1 aromatic heterocycles. The summed E-state index contributed by atoms with van der Waals surface area (Å²) >= 11 is 0. The third-order valence-electron chi connectivity index (χ3n) is 1.54. The summed E-state index contributed by atoms with van der Waals surface area (Å²) in [5.41, 5.74) is -1.48. The molecule has 0 aliphatic rings. The number of methoxy groups -OCH3 is 1. The summed E-state index contributed by atoms with van der Waals surface area (Å²) in [6, 6.07) is 0.907. The third-order valence-corrected chi connectivity index (χ3v) is 1.54. The first-order valence-electron chi connectivity index (χ1n) is 3.53. The lowest BCUT2D eigenvalue weighted by Gasteiger charge is -2.05. The van der Waals surface area contributed by atoms with Gasteiger partial charge in [-0.15, -0.1) is 0 Å². The predicted octanol–water partition coefficient (Wildman–Crippen LogP) is 1.94. The number of nitro groups is 1. The minimum absolute atomic E-state index is 0.422. The van der Waals surface area contributed by atoms with Crippen LogP contribution in [0.4, 0.5) is 14.5 Å². The molecule has 0 aromatic carbocycles. The Balaban J connectivity index is 3.35. The van der Waals surface area contributed by atoms with Crippen molar-refractivity contribution in [2.45, 2.75) is 6.43 Å². The van der Waals surface area contributed by atoms with Gasteiger partial charge in [0.15, 0.2) is 5.56 Å². The van der Waals surface area contributed by atoms with Crippen LogP contribution in [0.25, 0.3) is 0 Å². The number of aromatic nitrogens is 1. The van der Waals surface area contributed by atoms with Crippen molar-refractivity contribution >= 4 is 5.69 Å². The highest BCUT2D eigenvalue weighted by Crippen LogP contribution is 2.34. The Hall–Kier alpha value is -1.79. The minimum Gasteiger partial charge on any atom is -0.480 e. The molecule has 0 saturated carbocycles. The zero-order valence-corrected chi connectivity index (χ0v) is 7.11. The van der Waals surface area contributed by atoms with Crippen molar-refractivity contribution in [2.75, 3.05) is 7.11 Å². The average molecular weight is 204 g/mol. The van der Waals surface area contributed by atoms with Gasteiger partial charge >= 0.3 is 0 Å². The van der Waals surface area contributed by atoms with Gasteiger partial charge in [-0.1, -0.05) is 0 Å². The molecular formula is C7H6F2N2O3. The number of ether oxygens (including phenoxy) is 1. The molecule has 76 valence electrons. The predicted molar refractivity (Wildman–Crippen MR) is 42.4 cm³/mol. The zero-order valence-electron chi connectivity index (χ0n) is 7.11. The lowest BCUT2D eigenvalue weighted by Crippen LogP contribution is -2.01. The Kier molecular flexibility index (Phi) is 2.90. The fraction of sp³-hybridized carbons (Fsp3) is 0.286. The SMILES string of the molecule is COc1nccc([N+](=O)[O-])c1C(F)F. The van der Waals surface area contributed by atoms with E-state index in [1.807, 2.05) is 0 Å². The van der Waals surface area contributed by atoms with Crippen molar-refractivity contribution in [3.05, 3.63) is 27.9 Å². The van der Waals surface area contributed by atoms with E-state index in [2.05, 4.69) is 9.72 Å². The minimum atomic E-state index is -2.99. The molecule has 5 nitrogen and oxygen atoms in total. The second kappa shape index (κ2) is 3.95. The van der Waals surface area contributed by atoms with E-state index in [0.29, 0.717) is 0 Å². The van der Waals surface area contributed by atoms with Gasteiger partial charge in [-0.2, -0.15) is 0 Å². The molecule has 0 unspecified atom stereocenters. The molecule has 0 fully saturated rings. The fourth-order valence-corrected chi connectivity index (χ4v) is 0.971. The lowest BCUT2D eigenvalue weighted by atomic mass is 10.2. The second-order valence-electron chi connectivity index (χ2n) is 2.31. The first-order chi connectivity index (χ1) is 6.57. The Morgan fingerprint density at radius 2 is 2.29 bits per heavy atom. The van der Waals surface area contributed by atoms with Crippen molar-refractivity contribution in [3.8, 4) is 5.88 Å². The topological polar surface area (TPSA) is 65.3 Å². The smallest absolute Gasteiger partial charge is 0.285 e. The summed E-state index contributed by atoms with van der Waals surface area (Å²) in [6.45, 7) is 0. The Labute approximate surface area is 77.5 Å². The van der Waals surface area contributed by atoms with E-state index in [-0.39, 0.29) is 0 Å². The number of alkyl halides is 2. The Morgan fingerprint density at radius 3 is 2.71 bits per heavy atom. The van der Waals surface area contributed by atoms with Gasteiger partial charge in [0.25, 0.3) is 12.1 Å². The number of pyridine rings is 1. The summed E-state index contributed by atoms with van der Waals surface area (Å²) in [5.74, 6) is -0.422. The van der Waals surface area contributed by atoms with Gasteiger partial charge in [0.1, 0.15) is 0 Å². The van der Waals surface area contributed by atoms with Crippen molar-refractivity contribution in [3.63, 3.8) is 0 Å². The van der Waals surface area contributed by atoms with E-state index in [9.17, 15) is 18.9 Å². The van der Waals surface area contributed by atoms with E-state index in [0.717, 1.165) is 19.4 Å². The fourth-order valence-electron chi connectivity index (χ4n) is 0.971. The lowest BCUT2D eigenvalue weighted by molar-refractivity contribution is -0.386. The molecule has 0 aliphatic heterocycles. The van der Waals surface area contributed by atoms with E-state index in [1.54, 1.807) is 0 Å². The van der Waals surface area contributed by atoms with Crippen LogP contribution in [0, 0.1) is 10.1 Å². The molecule has 1 heterocycles. The van der Waals surface area contributed by atoms with Crippen LogP contribution in [-0.4, -0.2) is 17.0 Å². The maximum absolute atomic E-state index is 12.4. The molecule has 0 amide bonds. The first-order valence-corrected chi connectivity index (χ1v) is 3.53. The summed E-state index contributed by atoms with van der Waals surface area (Å²) < 4.78 is 29.3. The standard InChI is InChI=1S/C7H6F2N2O3/c1-14-7-5(6(8)9)4(11(12)13)2-3-10-7/h2-3,6H,1H3. The van der Waals surface area contributed by atoms with Gasteiger partial charge in [-0.05, 0) is 0 Å². The van der Waals surface area contributed by atoms with Gasteiger partial charge in [0.05, 0.1) is 12.0 Å². The summed E-state index contributed by atoms with van der Waals surface area (Å²) in [7, 11) is 1.12. The largest absolute Gasteiger partial charge is 0.480 e. The number of nitrogens with zero attached hydrogens (tertiary/aromatic N) is 2. The Bertz CT molecular complexity index is 357. The van der Waals surface area contributed by atoms with Crippen LogP contribution >= 0.6 is 0 Å². The summed E-state index contributed by atoms with van der Waals surface area (Å²) in [6.07, 6.45) is -1.94. The average Bonchev–Trinajstić information content (AvgIpc) is 2.16. The molecule has 1 rings (SSSR count). The van der Waals surface area contributed by atoms with E-state index in [4.69, 9.17) is 0 Å². The quantitative estimate of drug-likeness (QED) is 0.557. The molecule has 0 bridgehead atoms. The molecule has 0 aliphatic carbocycles. The molecule has 0 radical (unpaired) electrons. The van der Waals surface area contributed by atoms with Crippen molar-refractivity contribution in [1.29, 1.82) is 0 Å². The summed E-state index contributed by atoms with van der Waals surface area (Å²) in [4.78, 5) is 12.9. The van der Waals surface area contributed by atoms with E-state index >= 15 is 0 Å². The van der Waals surface area contributed by atoms with Crippen LogP contribution in [-0.2, 0) is 0 Å². The molecule has 1 aromatic rings. The molecule has 7 heteroatoms. The normalized spacial score (nSPS) is 10.3. The molecule has 14 heavy (non-hydrogen) atoms. The first kappa shape index (κ1) is 10.3. The highest BCUT2D eigenvalue weighted by Gasteiger charge is 2.27. The van der Waals surface area contributed by atoms with Gasteiger partial charge < -0.3 is 4.74 Å². The van der Waals surface area contributed by atoms with Crippen LogP contribution in [0.1, 0.15) is 12.0 Å². The van der Waals surface area contributed by atoms with Crippen LogP contribution in [0.3, 0.4) is 0 Å². The third kappa shape index (κ3) is 1.76. The van der Waals surface area contributed by atoms with Crippen LogP contribution in [0.5, 0.6) is 5.88 Å².